The Hall–Kier alpha value is -1.07. The van der Waals surface area contributed by atoms with Gasteiger partial charge in [-0.2, -0.15) is 4.98 Å². The van der Waals surface area contributed by atoms with Crippen molar-refractivity contribution in [2.24, 2.45) is 0 Å². The average Bonchev–Trinajstić information content (AvgIpc) is 2.36. The van der Waals surface area contributed by atoms with Crippen LogP contribution in [0.4, 0.5) is 11.8 Å². The summed E-state index contributed by atoms with van der Waals surface area (Å²) in [4.78, 5) is 10.3. The first-order valence-corrected chi connectivity index (χ1v) is 7.11. The van der Waals surface area contributed by atoms with Crippen LogP contribution in [0.5, 0.6) is 0 Å². The van der Waals surface area contributed by atoms with Gasteiger partial charge in [-0.1, -0.05) is 30.9 Å². The van der Waals surface area contributed by atoms with E-state index in [2.05, 4.69) is 34.3 Å². The fourth-order valence-electron chi connectivity index (χ4n) is 2.77. The van der Waals surface area contributed by atoms with E-state index in [0.717, 1.165) is 6.54 Å². The Balaban J connectivity index is 2.06. The predicted molar refractivity (Wildman–Crippen MR) is 79.4 cm³/mol. The Kier molecular flexibility index (Phi) is 4.47. The van der Waals surface area contributed by atoms with E-state index < -0.39 is 0 Å². The van der Waals surface area contributed by atoms with E-state index in [-0.39, 0.29) is 11.5 Å². The summed E-state index contributed by atoms with van der Waals surface area (Å²) < 4.78 is 0. The summed E-state index contributed by atoms with van der Waals surface area (Å²) in [6.45, 7) is 0.854. The highest BCUT2D eigenvalue weighted by Gasteiger charge is 2.33. The van der Waals surface area contributed by atoms with Gasteiger partial charge >= 0.3 is 0 Å². The number of aromatic nitrogens is 2. The summed E-state index contributed by atoms with van der Waals surface area (Å²) in [5.74, 6) is 0.904. The minimum absolute atomic E-state index is 0.199. The number of nitrogens with zero attached hydrogens (tertiary/aromatic N) is 3. The van der Waals surface area contributed by atoms with Crippen molar-refractivity contribution in [3.05, 3.63) is 11.2 Å². The van der Waals surface area contributed by atoms with Crippen LogP contribution in [0.1, 0.15) is 32.1 Å². The second-order valence-electron chi connectivity index (χ2n) is 5.47. The molecule has 6 heteroatoms. The van der Waals surface area contributed by atoms with E-state index in [1.54, 1.807) is 6.07 Å². The molecule has 1 aliphatic carbocycles. The van der Waals surface area contributed by atoms with Crippen molar-refractivity contribution < 1.29 is 0 Å². The number of nitrogens with two attached hydrogens (primary N) is 1. The van der Waals surface area contributed by atoms with Crippen LogP contribution in [-0.2, 0) is 0 Å². The van der Waals surface area contributed by atoms with Crippen molar-refractivity contribution in [1.29, 1.82) is 0 Å². The Labute approximate surface area is 119 Å². The molecule has 0 aliphatic heterocycles. The lowest BCUT2D eigenvalue weighted by molar-refractivity contribution is 0.113. The molecule has 2 rings (SSSR count). The van der Waals surface area contributed by atoms with Crippen LogP contribution in [0.3, 0.4) is 0 Å². The van der Waals surface area contributed by atoms with Gasteiger partial charge in [-0.15, -0.1) is 0 Å². The third-order valence-electron chi connectivity index (χ3n) is 4.04. The average molecular weight is 284 g/mol. The van der Waals surface area contributed by atoms with Crippen LogP contribution < -0.4 is 11.1 Å². The van der Waals surface area contributed by atoms with Gasteiger partial charge in [0, 0.05) is 18.2 Å². The second-order valence-corrected chi connectivity index (χ2v) is 5.85. The monoisotopic (exact) mass is 283 g/mol. The van der Waals surface area contributed by atoms with Gasteiger partial charge in [0.25, 0.3) is 0 Å². The minimum Gasteiger partial charge on any atom is -0.368 e. The van der Waals surface area contributed by atoms with Crippen LogP contribution in [-0.4, -0.2) is 41.0 Å². The van der Waals surface area contributed by atoms with Crippen LogP contribution in [0.15, 0.2) is 6.07 Å². The van der Waals surface area contributed by atoms with Crippen molar-refractivity contribution in [1.82, 2.24) is 14.9 Å². The van der Waals surface area contributed by atoms with Crippen molar-refractivity contribution in [3.8, 4) is 0 Å². The van der Waals surface area contributed by atoms with E-state index in [1.807, 2.05) is 0 Å². The van der Waals surface area contributed by atoms with Gasteiger partial charge in [0.1, 0.15) is 11.0 Å². The molecule has 106 valence electrons. The highest BCUT2D eigenvalue weighted by Crippen LogP contribution is 2.32. The van der Waals surface area contributed by atoms with E-state index >= 15 is 0 Å². The zero-order valence-corrected chi connectivity index (χ0v) is 12.4. The number of hydrogen-bond acceptors (Lipinski definition) is 5. The molecule has 0 bridgehead atoms. The third kappa shape index (κ3) is 3.48. The largest absolute Gasteiger partial charge is 0.368 e. The fraction of sp³-hybridized carbons (Fsp3) is 0.692. The third-order valence-corrected chi connectivity index (χ3v) is 4.24. The lowest BCUT2D eigenvalue weighted by Gasteiger charge is -2.43. The Bertz CT molecular complexity index is 409. The van der Waals surface area contributed by atoms with E-state index in [4.69, 9.17) is 17.3 Å². The zero-order chi connectivity index (χ0) is 13.9. The summed E-state index contributed by atoms with van der Waals surface area (Å²) in [6.07, 6.45) is 6.32. The predicted octanol–water partition coefficient (Wildman–Crippen LogP) is 2.39. The molecule has 3 N–H and O–H groups in total. The first-order chi connectivity index (χ1) is 9.02. The molecule has 1 saturated carbocycles. The van der Waals surface area contributed by atoms with Crippen LogP contribution in [0.25, 0.3) is 0 Å². The Morgan fingerprint density at radius 2 is 2.00 bits per heavy atom. The molecule has 1 aromatic rings. The van der Waals surface area contributed by atoms with E-state index in [9.17, 15) is 0 Å². The zero-order valence-electron chi connectivity index (χ0n) is 11.6. The maximum absolute atomic E-state index is 5.89. The number of hydrogen-bond donors (Lipinski definition) is 2. The summed E-state index contributed by atoms with van der Waals surface area (Å²) in [7, 11) is 4.29. The number of nitrogens with one attached hydrogen (secondary N) is 1. The number of halogens is 1. The van der Waals surface area contributed by atoms with Gasteiger partial charge in [-0.3, -0.25) is 0 Å². The summed E-state index contributed by atoms with van der Waals surface area (Å²) in [5, 5.41) is 3.73. The van der Waals surface area contributed by atoms with Crippen LogP contribution in [0, 0.1) is 0 Å². The van der Waals surface area contributed by atoms with Crippen molar-refractivity contribution in [2.75, 3.05) is 31.7 Å². The van der Waals surface area contributed by atoms with E-state index in [1.165, 1.54) is 32.1 Å². The molecular weight excluding hydrogens is 262 g/mol. The van der Waals surface area contributed by atoms with Crippen LogP contribution in [0.2, 0.25) is 5.15 Å². The maximum Gasteiger partial charge on any atom is 0.223 e. The minimum atomic E-state index is 0.199. The maximum atomic E-state index is 5.89. The molecule has 0 amide bonds. The van der Waals surface area contributed by atoms with Gasteiger partial charge < -0.3 is 16.0 Å². The van der Waals surface area contributed by atoms with Crippen molar-refractivity contribution >= 4 is 23.4 Å². The summed E-state index contributed by atoms with van der Waals surface area (Å²) in [5.41, 5.74) is 5.80. The molecule has 1 heterocycles. The van der Waals surface area contributed by atoms with Gasteiger partial charge in [0.2, 0.25) is 5.95 Å². The Morgan fingerprint density at radius 3 is 2.58 bits per heavy atom. The molecule has 0 atom stereocenters. The second kappa shape index (κ2) is 5.92. The molecule has 0 radical (unpaired) electrons. The molecule has 1 aliphatic rings. The Morgan fingerprint density at radius 1 is 1.32 bits per heavy atom. The van der Waals surface area contributed by atoms with Gasteiger partial charge in [-0.05, 0) is 26.9 Å². The standard InChI is InChI=1S/C13H22ClN5/c1-19(2)13(6-4-3-5-7-13)9-16-11-8-10(14)17-12(15)18-11/h8H,3-7,9H2,1-2H3,(H3,15,16,17,18). The highest BCUT2D eigenvalue weighted by molar-refractivity contribution is 6.29. The molecule has 19 heavy (non-hydrogen) atoms. The van der Waals surface area contributed by atoms with Crippen molar-refractivity contribution in [2.45, 2.75) is 37.6 Å². The summed E-state index contributed by atoms with van der Waals surface area (Å²) >= 11 is 5.89. The molecule has 0 unspecified atom stereocenters. The lowest BCUT2D eigenvalue weighted by Crippen LogP contribution is -2.51. The number of anilines is 2. The van der Waals surface area contributed by atoms with Crippen LogP contribution >= 0.6 is 11.6 Å². The molecule has 1 fully saturated rings. The molecule has 0 aromatic carbocycles. The SMILES string of the molecule is CN(C)C1(CNc2cc(Cl)nc(N)n2)CCCCC1. The molecule has 1 aromatic heterocycles. The quantitative estimate of drug-likeness (QED) is 0.831. The fourth-order valence-corrected chi connectivity index (χ4v) is 2.96. The first kappa shape index (κ1) is 14.3. The topological polar surface area (TPSA) is 67.1 Å². The normalized spacial score (nSPS) is 18.5. The highest BCUT2D eigenvalue weighted by atomic mass is 35.5. The number of rotatable bonds is 4. The lowest BCUT2D eigenvalue weighted by atomic mass is 9.80. The number of likely N-dealkylation sites (N-methyl/N-ethyl adjacent to an activating group) is 1. The number of nitrogen functional groups attached to an aromatic ring is 1. The van der Waals surface area contributed by atoms with E-state index in [0.29, 0.717) is 11.0 Å². The molecule has 0 spiro atoms. The molecule has 0 saturated heterocycles. The first-order valence-electron chi connectivity index (χ1n) is 6.73. The van der Waals surface area contributed by atoms with Gasteiger partial charge in [0.15, 0.2) is 0 Å². The summed E-state index contributed by atoms with van der Waals surface area (Å²) in [6, 6.07) is 1.71. The van der Waals surface area contributed by atoms with Gasteiger partial charge in [0.05, 0.1) is 0 Å². The molecular formula is C13H22ClN5. The van der Waals surface area contributed by atoms with Gasteiger partial charge in [-0.25, -0.2) is 4.98 Å². The molecule has 5 nitrogen and oxygen atoms in total. The van der Waals surface area contributed by atoms with Crippen molar-refractivity contribution in [3.63, 3.8) is 0 Å². The smallest absolute Gasteiger partial charge is 0.223 e.